The summed E-state index contributed by atoms with van der Waals surface area (Å²) in [5.41, 5.74) is 2.34. The molecule has 0 unspecified atom stereocenters. The van der Waals surface area contributed by atoms with E-state index in [4.69, 9.17) is 9.47 Å². The topological polar surface area (TPSA) is 54.9 Å². The molecule has 0 aliphatic carbocycles. The van der Waals surface area contributed by atoms with Crippen molar-refractivity contribution >= 4 is 5.96 Å². The lowest BCUT2D eigenvalue weighted by atomic mass is 10.2. The minimum atomic E-state index is 0.618. The van der Waals surface area contributed by atoms with Gasteiger partial charge in [-0.15, -0.1) is 0 Å². The average Bonchev–Trinajstić information content (AvgIpc) is 2.72. The number of guanidine groups is 1. The van der Waals surface area contributed by atoms with E-state index >= 15 is 0 Å². The summed E-state index contributed by atoms with van der Waals surface area (Å²) in [6.45, 7) is 5.85. The SMILES string of the molecule is CCNC(=NCc1cccc(OC)c1)NCCCCOCc1ccccc1. The van der Waals surface area contributed by atoms with Gasteiger partial charge in [-0.1, -0.05) is 42.5 Å². The van der Waals surface area contributed by atoms with Crippen molar-refractivity contribution in [3.63, 3.8) is 0 Å². The molecule has 146 valence electrons. The fourth-order valence-corrected chi connectivity index (χ4v) is 2.58. The molecule has 0 aromatic heterocycles. The number of nitrogens with one attached hydrogen (secondary N) is 2. The van der Waals surface area contributed by atoms with Crippen molar-refractivity contribution < 1.29 is 9.47 Å². The van der Waals surface area contributed by atoms with Crippen molar-refractivity contribution in [2.24, 2.45) is 4.99 Å². The maximum absolute atomic E-state index is 5.72. The lowest BCUT2D eigenvalue weighted by Gasteiger charge is -2.11. The molecule has 0 aliphatic heterocycles. The Bertz CT molecular complexity index is 674. The molecule has 0 spiro atoms. The maximum Gasteiger partial charge on any atom is 0.191 e. The standard InChI is InChI=1S/C22H31N3O2/c1-3-23-22(25-17-20-12-9-13-21(16-20)26-2)24-14-7-8-15-27-18-19-10-5-4-6-11-19/h4-6,9-13,16H,3,7-8,14-15,17-18H2,1-2H3,(H2,23,24,25). The van der Waals surface area contributed by atoms with Crippen molar-refractivity contribution in [1.82, 2.24) is 10.6 Å². The second kappa shape index (κ2) is 12.8. The van der Waals surface area contributed by atoms with Gasteiger partial charge in [0.2, 0.25) is 0 Å². The van der Waals surface area contributed by atoms with Gasteiger partial charge in [0.15, 0.2) is 5.96 Å². The maximum atomic E-state index is 5.72. The number of aliphatic imine (C=N–C) groups is 1. The van der Waals surface area contributed by atoms with E-state index in [-0.39, 0.29) is 0 Å². The summed E-state index contributed by atoms with van der Waals surface area (Å²) in [6.07, 6.45) is 2.06. The fourth-order valence-electron chi connectivity index (χ4n) is 2.58. The van der Waals surface area contributed by atoms with Crippen LogP contribution in [0.15, 0.2) is 59.6 Å². The number of unbranched alkanes of at least 4 members (excludes halogenated alkanes) is 1. The van der Waals surface area contributed by atoms with E-state index in [2.05, 4.69) is 40.7 Å². The van der Waals surface area contributed by atoms with Crippen molar-refractivity contribution in [2.75, 3.05) is 26.8 Å². The summed E-state index contributed by atoms with van der Waals surface area (Å²) in [6, 6.07) is 18.3. The van der Waals surface area contributed by atoms with Crippen LogP contribution >= 0.6 is 0 Å². The first-order valence-electron chi connectivity index (χ1n) is 9.58. The molecule has 0 amide bonds. The summed E-state index contributed by atoms with van der Waals surface area (Å²) in [7, 11) is 1.68. The molecule has 27 heavy (non-hydrogen) atoms. The third-order valence-electron chi connectivity index (χ3n) is 4.02. The largest absolute Gasteiger partial charge is 0.497 e. The van der Waals surface area contributed by atoms with Gasteiger partial charge in [0, 0.05) is 19.7 Å². The number of benzene rings is 2. The van der Waals surface area contributed by atoms with E-state index in [1.54, 1.807) is 7.11 Å². The van der Waals surface area contributed by atoms with Crippen LogP contribution in [0.3, 0.4) is 0 Å². The van der Waals surface area contributed by atoms with Gasteiger partial charge in [-0.25, -0.2) is 4.99 Å². The molecule has 5 heteroatoms. The van der Waals surface area contributed by atoms with Gasteiger partial charge in [0.25, 0.3) is 0 Å². The molecule has 2 aromatic rings. The molecule has 0 saturated carbocycles. The van der Waals surface area contributed by atoms with Crippen LogP contribution in [0.5, 0.6) is 5.75 Å². The molecule has 0 radical (unpaired) electrons. The third-order valence-corrected chi connectivity index (χ3v) is 4.02. The van der Waals surface area contributed by atoms with Crippen molar-refractivity contribution in [1.29, 1.82) is 0 Å². The van der Waals surface area contributed by atoms with Crippen LogP contribution < -0.4 is 15.4 Å². The number of rotatable bonds is 11. The zero-order valence-electron chi connectivity index (χ0n) is 16.4. The Labute approximate surface area is 162 Å². The van der Waals surface area contributed by atoms with Crippen molar-refractivity contribution in [2.45, 2.75) is 32.9 Å². The average molecular weight is 370 g/mol. The van der Waals surface area contributed by atoms with Gasteiger partial charge >= 0.3 is 0 Å². The van der Waals surface area contributed by atoms with Crippen LogP contribution in [0.2, 0.25) is 0 Å². The molecular weight excluding hydrogens is 338 g/mol. The first-order chi connectivity index (χ1) is 13.3. The number of nitrogens with zero attached hydrogens (tertiary/aromatic N) is 1. The van der Waals surface area contributed by atoms with Crippen LogP contribution in [-0.4, -0.2) is 32.8 Å². The highest BCUT2D eigenvalue weighted by Gasteiger charge is 1.99. The zero-order chi connectivity index (χ0) is 19.2. The summed E-state index contributed by atoms with van der Waals surface area (Å²) >= 11 is 0. The Morgan fingerprint density at radius 2 is 1.78 bits per heavy atom. The Hall–Kier alpha value is -2.53. The first-order valence-corrected chi connectivity index (χ1v) is 9.58. The van der Waals surface area contributed by atoms with Gasteiger partial charge in [-0.05, 0) is 43.0 Å². The second-order valence-corrected chi connectivity index (χ2v) is 6.22. The van der Waals surface area contributed by atoms with E-state index in [1.165, 1.54) is 5.56 Å². The Morgan fingerprint density at radius 3 is 2.56 bits per heavy atom. The van der Waals surface area contributed by atoms with E-state index in [1.807, 2.05) is 36.4 Å². The molecule has 2 aromatic carbocycles. The van der Waals surface area contributed by atoms with Crippen LogP contribution in [0.4, 0.5) is 0 Å². The number of hydrogen-bond donors (Lipinski definition) is 2. The normalized spacial score (nSPS) is 11.3. The molecule has 5 nitrogen and oxygen atoms in total. The highest BCUT2D eigenvalue weighted by Crippen LogP contribution is 2.13. The molecular formula is C22H31N3O2. The fraction of sp³-hybridized carbons (Fsp3) is 0.409. The van der Waals surface area contributed by atoms with E-state index < -0.39 is 0 Å². The molecule has 0 heterocycles. The number of ether oxygens (including phenoxy) is 2. The van der Waals surface area contributed by atoms with Crippen molar-refractivity contribution in [3.05, 3.63) is 65.7 Å². The molecule has 0 atom stereocenters. The molecule has 2 rings (SSSR count). The number of hydrogen-bond acceptors (Lipinski definition) is 3. The minimum Gasteiger partial charge on any atom is -0.497 e. The first kappa shape index (κ1) is 20.8. The van der Waals surface area contributed by atoms with Gasteiger partial charge in [-0.3, -0.25) is 0 Å². The zero-order valence-corrected chi connectivity index (χ0v) is 16.4. The summed E-state index contributed by atoms with van der Waals surface area (Å²) in [5, 5.41) is 6.66. The third kappa shape index (κ3) is 8.60. The lowest BCUT2D eigenvalue weighted by Crippen LogP contribution is -2.37. The number of methoxy groups -OCH3 is 1. The van der Waals surface area contributed by atoms with Crippen LogP contribution in [0, 0.1) is 0 Å². The second-order valence-electron chi connectivity index (χ2n) is 6.22. The predicted octanol–water partition coefficient (Wildman–Crippen LogP) is 3.75. The van der Waals surface area contributed by atoms with Crippen molar-refractivity contribution in [3.8, 4) is 5.75 Å². The summed E-state index contributed by atoms with van der Waals surface area (Å²) in [4.78, 5) is 4.64. The van der Waals surface area contributed by atoms with Gasteiger partial charge in [0.1, 0.15) is 5.75 Å². The quantitative estimate of drug-likeness (QED) is 0.360. The monoisotopic (exact) mass is 369 g/mol. The van der Waals surface area contributed by atoms with Crippen LogP contribution in [0.1, 0.15) is 30.9 Å². The van der Waals surface area contributed by atoms with E-state index in [0.717, 1.165) is 49.8 Å². The van der Waals surface area contributed by atoms with E-state index in [9.17, 15) is 0 Å². The van der Waals surface area contributed by atoms with Gasteiger partial charge in [-0.2, -0.15) is 0 Å². The van der Waals surface area contributed by atoms with E-state index in [0.29, 0.717) is 13.2 Å². The van der Waals surface area contributed by atoms with Gasteiger partial charge < -0.3 is 20.1 Å². The molecule has 0 saturated heterocycles. The molecule has 0 aliphatic rings. The summed E-state index contributed by atoms with van der Waals surface area (Å²) < 4.78 is 11.0. The van der Waals surface area contributed by atoms with Crippen LogP contribution in [0.25, 0.3) is 0 Å². The summed E-state index contributed by atoms with van der Waals surface area (Å²) in [5.74, 6) is 1.70. The molecule has 0 bridgehead atoms. The molecule has 0 fully saturated rings. The Balaban J connectivity index is 1.64. The molecule has 2 N–H and O–H groups in total. The lowest BCUT2D eigenvalue weighted by molar-refractivity contribution is 0.117. The Kier molecular flexibility index (Phi) is 9.82. The minimum absolute atomic E-state index is 0.618. The van der Waals surface area contributed by atoms with Gasteiger partial charge in [0.05, 0.1) is 20.3 Å². The highest BCUT2D eigenvalue weighted by atomic mass is 16.5. The highest BCUT2D eigenvalue weighted by molar-refractivity contribution is 5.79. The predicted molar refractivity (Wildman–Crippen MR) is 111 cm³/mol. The Morgan fingerprint density at radius 1 is 0.963 bits per heavy atom. The smallest absolute Gasteiger partial charge is 0.191 e. The van der Waals surface area contributed by atoms with Crippen LogP contribution in [-0.2, 0) is 17.9 Å².